The minimum absolute atomic E-state index is 0. The van der Waals surface area contributed by atoms with Crippen molar-refractivity contribution in [2.75, 3.05) is 0 Å². The van der Waals surface area contributed by atoms with Crippen LogP contribution in [0.25, 0.3) is 50.9 Å². The van der Waals surface area contributed by atoms with Gasteiger partial charge in [-0.25, -0.2) is 9.13 Å². The molecule has 1 radical (unpaired) electrons. The van der Waals surface area contributed by atoms with E-state index in [1.807, 2.05) is 43.0 Å². The summed E-state index contributed by atoms with van der Waals surface area (Å²) in [5, 5.41) is 0. The van der Waals surface area contributed by atoms with Gasteiger partial charge < -0.3 is 9.13 Å². The third kappa shape index (κ3) is 9.93. The third-order valence-electron chi connectivity index (χ3n) is 12.0. The van der Waals surface area contributed by atoms with Crippen LogP contribution in [-0.2, 0) is 52.8 Å². The molecule has 0 spiro atoms. The Morgan fingerprint density at radius 3 is 1.45 bits per heavy atom. The van der Waals surface area contributed by atoms with Crippen molar-refractivity contribution < 1.29 is 20.1 Å². The molecule has 0 saturated carbocycles. The average molecular weight is 1030 g/mol. The van der Waals surface area contributed by atoms with E-state index in [1.54, 1.807) is 0 Å². The first-order valence-electron chi connectivity index (χ1n) is 22.0. The number of aryl methyl sites for hydroxylation is 9. The van der Waals surface area contributed by atoms with Crippen LogP contribution in [0.1, 0.15) is 44.5 Å². The molecule has 0 bridgehead atoms. The summed E-state index contributed by atoms with van der Waals surface area (Å²) < 4.78 is 8.62. The summed E-state index contributed by atoms with van der Waals surface area (Å²) in [5.74, 6) is 1.84. The van der Waals surface area contributed by atoms with Crippen LogP contribution in [0.5, 0.6) is 0 Å². The third-order valence-corrected chi connectivity index (χ3v) is 12.0. The van der Waals surface area contributed by atoms with Crippen molar-refractivity contribution in [1.29, 1.82) is 0 Å². The molecule has 0 unspecified atom stereocenters. The molecule has 0 N–H and O–H groups in total. The molecule has 3 aromatic heterocycles. The van der Waals surface area contributed by atoms with Crippen molar-refractivity contribution in [2.45, 2.75) is 53.4 Å². The Labute approximate surface area is 396 Å². The van der Waals surface area contributed by atoms with Crippen LogP contribution in [0.4, 0.5) is 0 Å². The Morgan fingerprint density at radius 1 is 0.492 bits per heavy atom. The van der Waals surface area contributed by atoms with Gasteiger partial charge >= 0.3 is 0 Å². The fraction of sp³-hybridized carbons (Fsp3) is 0.155. The summed E-state index contributed by atoms with van der Waals surface area (Å²) in [6.07, 6.45) is 13.8. The summed E-state index contributed by atoms with van der Waals surface area (Å²) in [6, 6.07) is 61.4. The van der Waals surface area contributed by atoms with Crippen molar-refractivity contribution in [1.82, 2.24) is 28.2 Å². The molecule has 3 heterocycles. The van der Waals surface area contributed by atoms with Gasteiger partial charge in [-0.3, -0.25) is 9.97 Å². The average Bonchev–Trinajstić information content (AvgIpc) is 4.09. The number of benzene rings is 7. The molecule has 7 aromatic carbocycles. The van der Waals surface area contributed by atoms with Crippen molar-refractivity contribution in [3.8, 4) is 39.8 Å². The maximum Gasteiger partial charge on any atom is 0.188 e. The van der Waals surface area contributed by atoms with Gasteiger partial charge in [0.2, 0.25) is 0 Å². The Hall–Kier alpha value is -6.92. The number of para-hydroxylation sites is 5. The number of fused-ring (bicyclic) bond motifs is 1. The molecule has 10 aromatic rings. The molecule has 0 aliphatic carbocycles. The van der Waals surface area contributed by atoms with Crippen LogP contribution in [0.3, 0.4) is 0 Å². The minimum Gasteiger partial charge on any atom is -0.340 e. The van der Waals surface area contributed by atoms with Crippen molar-refractivity contribution in [3.05, 3.63) is 239 Å². The van der Waals surface area contributed by atoms with E-state index in [9.17, 15) is 0 Å². The molecular formula is C58H52IrN6-2. The van der Waals surface area contributed by atoms with Crippen LogP contribution in [0.2, 0.25) is 0 Å². The molecule has 7 heteroatoms. The van der Waals surface area contributed by atoms with E-state index in [4.69, 9.17) is 0 Å². The summed E-state index contributed by atoms with van der Waals surface area (Å²) in [6.45, 7) is 8.59. The Morgan fingerprint density at radius 2 is 0.969 bits per heavy atom. The summed E-state index contributed by atoms with van der Waals surface area (Å²) in [4.78, 5) is 9.36. The number of hydrogen-bond donors (Lipinski definition) is 0. The smallest absolute Gasteiger partial charge is 0.188 e. The van der Waals surface area contributed by atoms with Gasteiger partial charge in [0.25, 0.3) is 0 Å². The molecule has 0 atom stereocenters. The molecule has 0 aliphatic heterocycles. The van der Waals surface area contributed by atoms with Gasteiger partial charge in [0.05, 0.1) is 11.6 Å². The monoisotopic (exact) mass is 1030 g/mol. The molecule has 0 amide bonds. The van der Waals surface area contributed by atoms with Gasteiger partial charge in [0, 0.05) is 81.1 Å². The van der Waals surface area contributed by atoms with Gasteiger partial charge in [-0.1, -0.05) is 73.5 Å². The second-order valence-corrected chi connectivity index (χ2v) is 16.6. The molecule has 6 nitrogen and oxygen atoms in total. The second kappa shape index (κ2) is 20.3. The Kier molecular flexibility index (Phi) is 13.9. The molecule has 10 rings (SSSR count). The quantitative estimate of drug-likeness (QED) is 0.121. The largest absolute Gasteiger partial charge is 0.340 e. The number of rotatable bonds is 11. The van der Waals surface area contributed by atoms with E-state index in [1.165, 1.54) is 66.9 Å². The van der Waals surface area contributed by atoms with Gasteiger partial charge in [0.1, 0.15) is 0 Å². The van der Waals surface area contributed by atoms with Gasteiger partial charge in [-0.05, 0) is 86.1 Å². The topological polar surface area (TPSA) is 45.5 Å². The molecule has 0 saturated heterocycles. The zero-order chi connectivity index (χ0) is 44.0. The first kappa shape index (κ1) is 44.7. The first-order valence-corrected chi connectivity index (χ1v) is 22.0. The molecule has 0 aliphatic rings. The first-order chi connectivity index (χ1) is 31.3. The minimum atomic E-state index is 0. The van der Waals surface area contributed by atoms with Gasteiger partial charge in [0.15, 0.2) is 17.4 Å². The van der Waals surface area contributed by atoms with Crippen LogP contribution in [-0.4, -0.2) is 28.2 Å². The molecular weight excluding hydrogens is 973 g/mol. The molecule has 325 valence electrons. The normalized spacial score (nSPS) is 11.0. The molecule has 65 heavy (non-hydrogen) atoms. The zero-order valence-electron chi connectivity index (χ0n) is 37.6. The maximum absolute atomic E-state index is 4.68. The summed E-state index contributed by atoms with van der Waals surface area (Å²) >= 11 is 0. The number of aromatic nitrogens is 6. The zero-order valence-corrected chi connectivity index (χ0v) is 40.0. The number of hydrogen-bond acceptors (Lipinski definition) is 2. The molecule has 0 fully saturated rings. The number of nitrogens with zero attached hydrogens (tertiary/aromatic N) is 6. The van der Waals surface area contributed by atoms with E-state index in [0.29, 0.717) is 0 Å². The van der Waals surface area contributed by atoms with Crippen molar-refractivity contribution >= 4 is 11.0 Å². The van der Waals surface area contributed by atoms with E-state index >= 15 is 0 Å². The van der Waals surface area contributed by atoms with Crippen LogP contribution >= 0.6 is 0 Å². The standard InChI is InChI=1S/C44H40N4.C14H12N2.Ir/c1-31-8-5-9-32(2)41(31)47-28-26-45-43(47)39-22-18-35(19-23-39)14-16-37-12-7-13-38(30-37)17-15-36-20-24-40(25-21-36)44-46-27-29-48(44)42-33(3)10-6-11-34(42)4;1-15-11-16(12-7-3-2-4-8-12)14-10-6-5-9-13(14)15;/h5-13,18-22,24,26-30H,14-17H2,1-4H3;2-7,9-11H,1H3;/q-2;;. The van der Waals surface area contributed by atoms with E-state index in [0.717, 1.165) is 54.1 Å². The van der Waals surface area contributed by atoms with E-state index in [-0.39, 0.29) is 20.1 Å². The second-order valence-electron chi connectivity index (χ2n) is 16.6. The summed E-state index contributed by atoms with van der Waals surface area (Å²) in [7, 11) is 2.06. The predicted octanol–water partition coefficient (Wildman–Crippen LogP) is 12.8. The van der Waals surface area contributed by atoms with Crippen LogP contribution in [0.15, 0.2) is 177 Å². The summed E-state index contributed by atoms with van der Waals surface area (Å²) in [5.41, 5.74) is 18.1. The van der Waals surface area contributed by atoms with Crippen LogP contribution < -0.4 is 0 Å². The number of imidazole rings is 3. The van der Waals surface area contributed by atoms with Crippen molar-refractivity contribution in [3.63, 3.8) is 0 Å². The fourth-order valence-electron chi connectivity index (χ4n) is 8.75. The Balaban J connectivity index is 0.000000284. The van der Waals surface area contributed by atoms with Crippen LogP contribution in [0, 0.1) is 45.9 Å². The predicted molar refractivity (Wildman–Crippen MR) is 261 cm³/mol. The Bertz CT molecular complexity index is 2960. The maximum atomic E-state index is 4.68. The van der Waals surface area contributed by atoms with Gasteiger partial charge in [-0.2, -0.15) is 18.2 Å². The van der Waals surface area contributed by atoms with E-state index < -0.39 is 0 Å². The SMILES string of the molecule is Cc1cccc(C)c1-n1ccnc1-c1[c-]cc(CCc2cccc(CCc3c[c-]c(-c4nccn4-c4c(C)cccc4C)cc3)c2)cc1.Cn1[cH+]n(-c2[c-]cccc2)c2ccccc21.[Ir]. The van der Waals surface area contributed by atoms with Gasteiger partial charge in [-0.15, -0.1) is 82.9 Å². The van der Waals surface area contributed by atoms with E-state index in [2.05, 4.69) is 215 Å². The van der Waals surface area contributed by atoms with Crippen molar-refractivity contribution in [2.24, 2.45) is 7.05 Å². The fourth-order valence-corrected chi connectivity index (χ4v) is 8.75.